The molecule has 1 atom stereocenters. The molecule has 0 aliphatic carbocycles. The molecule has 0 bridgehead atoms. The van der Waals surface area contributed by atoms with E-state index < -0.39 is 0 Å². The van der Waals surface area contributed by atoms with Crippen LogP contribution < -0.4 is 10.6 Å². The van der Waals surface area contributed by atoms with E-state index in [4.69, 9.17) is 5.26 Å². The van der Waals surface area contributed by atoms with E-state index in [-0.39, 0.29) is 0 Å². The number of nitriles is 1. The fourth-order valence-corrected chi connectivity index (χ4v) is 0.968. The Hall–Kier alpha value is -0.590. The van der Waals surface area contributed by atoms with Gasteiger partial charge >= 0.3 is 0 Å². The Morgan fingerprint density at radius 1 is 1.38 bits per heavy atom. The van der Waals surface area contributed by atoms with Gasteiger partial charge in [-0.25, -0.2) is 0 Å². The van der Waals surface area contributed by atoms with Crippen LogP contribution in [-0.4, -0.2) is 25.7 Å². The van der Waals surface area contributed by atoms with Gasteiger partial charge in [-0.15, -0.1) is 0 Å². The van der Waals surface area contributed by atoms with Crippen LogP contribution >= 0.6 is 0 Å². The maximum atomic E-state index is 8.30. The minimum absolute atomic E-state index is 0.378. The summed E-state index contributed by atoms with van der Waals surface area (Å²) in [5.41, 5.74) is 0. The first-order valence-electron chi connectivity index (χ1n) is 4.98. The summed E-state index contributed by atoms with van der Waals surface area (Å²) in [4.78, 5) is 0. The zero-order valence-electron chi connectivity index (χ0n) is 8.93. The average Bonchev–Trinajstić information content (AvgIpc) is 2.06. The van der Waals surface area contributed by atoms with Crippen molar-refractivity contribution in [2.75, 3.05) is 19.6 Å². The van der Waals surface area contributed by atoms with Crippen LogP contribution in [0, 0.1) is 17.2 Å². The highest BCUT2D eigenvalue weighted by Gasteiger charge is 2.09. The fraction of sp³-hybridized carbons (Fsp3) is 0.900. The summed E-state index contributed by atoms with van der Waals surface area (Å²) in [5, 5.41) is 14.7. The molecule has 0 amide bonds. The van der Waals surface area contributed by atoms with Crippen molar-refractivity contribution < 1.29 is 0 Å². The molecule has 76 valence electrons. The molecule has 1 saturated heterocycles. The van der Waals surface area contributed by atoms with Gasteiger partial charge in [0.1, 0.15) is 0 Å². The van der Waals surface area contributed by atoms with Gasteiger partial charge in [0.2, 0.25) is 0 Å². The van der Waals surface area contributed by atoms with Crippen LogP contribution in [0.5, 0.6) is 0 Å². The summed E-state index contributed by atoms with van der Waals surface area (Å²) >= 11 is 0. The van der Waals surface area contributed by atoms with Gasteiger partial charge in [-0.2, -0.15) is 5.26 Å². The Morgan fingerprint density at radius 3 is 2.38 bits per heavy atom. The molecule has 13 heavy (non-hydrogen) atoms. The van der Waals surface area contributed by atoms with E-state index in [0.29, 0.717) is 12.5 Å². The van der Waals surface area contributed by atoms with Crippen LogP contribution in [0.1, 0.15) is 27.2 Å². The lowest BCUT2D eigenvalue weighted by Gasteiger charge is -2.21. The molecule has 0 aromatic carbocycles. The molecule has 1 rings (SSSR count). The predicted octanol–water partition coefficient (Wildman–Crippen LogP) is 1.12. The van der Waals surface area contributed by atoms with Crippen molar-refractivity contribution >= 4 is 0 Å². The van der Waals surface area contributed by atoms with E-state index in [1.54, 1.807) is 0 Å². The number of rotatable bonds is 1. The highest BCUT2D eigenvalue weighted by molar-refractivity contribution is 4.84. The van der Waals surface area contributed by atoms with Gasteiger partial charge in [-0.3, -0.25) is 0 Å². The zero-order chi connectivity index (χ0) is 10.1. The first-order valence-corrected chi connectivity index (χ1v) is 4.98. The number of nitrogens with one attached hydrogen (secondary N) is 2. The quantitative estimate of drug-likeness (QED) is 0.640. The van der Waals surface area contributed by atoms with Crippen molar-refractivity contribution in [3.8, 4) is 6.07 Å². The van der Waals surface area contributed by atoms with Gasteiger partial charge in [0.25, 0.3) is 0 Å². The molecule has 1 fully saturated rings. The summed E-state index contributed by atoms with van der Waals surface area (Å²) in [6.45, 7) is 9.46. The third kappa shape index (κ3) is 9.32. The third-order valence-electron chi connectivity index (χ3n) is 1.46. The molecular weight excluding hydrogens is 162 g/mol. The highest BCUT2D eigenvalue weighted by atomic mass is 15.0. The molecular formula is C10H21N3. The average molecular weight is 183 g/mol. The summed E-state index contributed by atoms with van der Waals surface area (Å²) in [5.74, 6) is 0.833. The first kappa shape index (κ1) is 12.4. The lowest BCUT2D eigenvalue weighted by Crippen LogP contribution is -2.47. The second-order valence-electron chi connectivity index (χ2n) is 3.95. The maximum Gasteiger partial charge on any atom is 0.0638 e. The van der Waals surface area contributed by atoms with Gasteiger partial charge in [0, 0.05) is 25.7 Å². The lowest BCUT2D eigenvalue weighted by molar-refractivity contribution is 0.423. The molecule has 0 radical (unpaired) electrons. The molecule has 3 nitrogen and oxygen atoms in total. The minimum Gasteiger partial charge on any atom is -0.314 e. The monoisotopic (exact) mass is 183 g/mol. The van der Waals surface area contributed by atoms with E-state index in [9.17, 15) is 0 Å². The third-order valence-corrected chi connectivity index (χ3v) is 1.46. The second-order valence-corrected chi connectivity index (χ2v) is 3.95. The molecule has 2 N–H and O–H groups in total. The van der Waals surface area contributed by atoms with Crippen molar-refractivity contribution in [1.82, 2.24) is 10.6 Å². The first-order chi connectivity index (χ1) is 6.16. The largest absolute Gasteiger partial charge is 0.314 e. The second kappa shape index (κ2) is 8.03. The molecule has 0 spiro atoms. The van der Waals surface area contributed by atoms with Gasteiger partial charge < -0.3 is 10.6 Å². The summed E-state index contributed by atoms with van der Waals surface area (Å²) in [7, 11) is 0. The normalized spacial score (nSPS) is 21.6. The van der Waals surface area contributed by atoms with E-state index in [0.717, 1.165) is 25.6 Å². The standard InChI is InChI=1S/C6H11N3.C4H10/c7-2-1-6-5-8-3-4-9-6;1-4(2)3/h6,8-9H,1,3-5H2;4H,1-3H3. The van der Waals surface area contributed by atoms with Crippen LogP contribution in [0.15, 0.2) is 0 Å². The van der Waals surface area contributed by atoms with Crippen molar-refractivity contribution in [3.05, 3.63) is 0 Å². The molecule has 1 heterocycles. The van der Waals surface area contributed by atoms with E-state index >= 15 is 0 Å². The zero-order valence-corrected chi connectivity index (χ0v) is 8.93. The Labute approximate surface area is 81.5 Å². The summed E-state index contributed by atoms with van der Waals surface area (Å²) in [6.07, 6.45) is 0.618. The van der Waals surface area contributed by atoms with Crippen LogP contribution in [0.2, 0.25) is 0 Å². The minimum atomic E-state index is 0.378. The maximum absolute atomic E-state index is 8.30. The summed E-state index contributed by atoms with van der Waals surface area (Å²) < 4.78 is 0. The number of hydrogen-bond acceptors (Lipinski definition) is 3. The van der Waals surface area contributed by atoms with Crippen molar-refractivity contribution in [2.24, 2.45) is 5.92 Å². The lowest BCUT2D eigenvalue weighted by atomic mass is 10.2. The number of hydrogen-bond donors (Lipinski definition) is 2. The molecule has 1 aliphatic heterocycles. The molecule has 0 aromatic heterocycles. The Morgan fingerprint density at radius 2 is 2.00 bits per heavy atom. The van der Waals surface area contributed by atoms with Gasteiger partial charge in [-0.1, -0.05) is 20.8 Å². The number of piperazine rings is 1. The van der Waals surface area contributed by atoms with E-state index in [1.165, 1.54) is 0 Å². The topological polar surface area (TPSA) is 47.9 Å². The SMILES string of the molecule is CC(C)C.N#CCC1CNCCN1. The Bertz CT molecular complexity index is 140. The molecule has 1 unspecified atom stereocenters. The van der Waals surface area contributed by atoms with Crippen molar-refractivity contribution in [2.45, 2.75) is 33.2 Å². The summed E-state index contributed by atoms with van der Waals surface area (Å²) in [6, 6.07) is 2.51. The Kier molecular flexibility index (Phi) is 7.66. The fourth-order valence-electron chi connectivity index (χ4n) is 0.968. The van der Waals surface area contributed by atoms with Crippen LogP contribution in [0.3, 0.4) is 0 Å². The van der Waals surface area contributed by atoms with Crippen LogP contribution in [0.4, 0.5) is 0 Å². The van der Waals surface area contributed by atoms with Crippen molar-refractivity contribution in [1.29, 1.82) is 5.26 Å². The smallest absolute Gasteiger partial charge is 0.0638 e. The predicted molar refractivity (Wildman–Crippen MR) is 55.4 cm³/mol. The van der Waals surface area contributed by atoms with Crippen molar-refractivity contribution in [3.63, 3.8) is 0 Å². The van der Waals surface area contributed by atoms with Crippen LogP contribution in [0.25, 0.3) is 0 Å². The molecule has 1 aliphatic rings. The number of nitrogens with zero attached hydrogens (tertiary/aromatic N) is 1. The molecule has 0 aromatic rings. The van der Waals surface area contributed by atoms with E-state index in [1.807, 2.05) is 0 Å². The Balaban J connectivity index is 0.000000310. The van der Waals surface area contributed by atoms with Gasteiger partial charge in [0.15, 0.2) is 0 Å². The van der Waals surface area contributed by atoms with E-state index in [2.05, 4.69) is 37.5 Å². The molecule has 3 heteroatoms. The molecule has 0 saturated carbocycles. The van der Waals surface area contributed by atoms with Gasteiger partial charge in [-0.05, 0) is 5.92 Å². The van der Waals surface area contributed by atoms with Crippen LogP contribution in [-0.2, 0) is 0 Å². The van der Waals surface area contributed by atoms with Gasteiger partial charge in [0.05, 0.1) is 12.5 Å². The highest BCUT2D eigenvalue weighted by Crippen LogP contribution is 1.90.